The summed E-state index contributed by atoms with van der Waals surface area (Å²) in [5, 5.41) is 14.7. The highest BCUT2D eigenvalue weighted by molar-refractivity contribution is 5.77. The fourth-order valence-corrected chi connectivity index (χ4v) is 2.65. The van der Waals surface area contributed by atoms with Gasteiger partial charge < -0.3 is 15.7 Å². The number of benzene rings is 1. The van der Waals surface area contributed by atoms with Gasteiger partial charge in [0, 0.05) is 0 Å². The van der Waals surface area contributed by atoms with E-state index in [9.17, 15) is 9.59 Å². The van der Waals surface area contributed by atoms with Gasteiger partial charge in [0.2, 0.25) is 0 Å². The van der Waals surface area contributed by atoms with Gasteiger partial charge in [-0.25, -0.2) is 4.79 Å². The molecule has 2 amide bonds. The van der Waals surface area contributed by atoms with Crippen LogP contribution in [0.1, 0.15) is 49.8 Å². The zero-order chi connectivity index (χ0) is 15.5. The minimum Gasteiger partial charge on any atom is -0.481 e. The van der Waals surface area contributed by atoms with Crippen LogP contribution < -0.4 is 10.6 Å². The van der Waals surface area contributed by atoms with Crippen LogP contribution in [0.15, 0.2) is 24.3 Å². The summed E-state index contributed by atoms with van der Waals surface area (Å²) in [5.41, 5.74) is 1.63. The van der Waals surface area contributed by atoms with Gasteiger partial charge in [-0.2, -0.15) is 0 Å². The zero-order valence-electron chi connectivity index (χ0n) is 12.5. The van der Waals surface area contributed by atoms with E-state index >= 15 is 0 Å². The third-order valence-electron chi connectivity index (χ3n) is 4.10. The topological polar surface area (TPSA) is 78.4 Å². The molecule has 0 radical (unpaired) electrons. The van der Waals surface area contributed by atoms with Gasteiger partial charge in [0.1, 0.15) is 0 Å². The molecule has 0 aliphatic heterocycles. The second-order valence-corrected chi connectivity index (χ2v) is 5.94. The number of amides is 2. The smallest absolute Gasteiger partial charge is 0.315 e. The summed E-state index contributed by atoms with van der Waals surface area (Å²) >= 11 is 0. The number of aliphatic carboxylic acids is 1. The first kappa shape index (κ1) is 15.4. The van der Waals surface area contributed by atoms with Crippen LogP contribution in [0.25, 0.3) is 0 Å². The minimum atomic E-state index is -0.874. The predicted molar refractivity (Wildman–Crippen MR) is 80.1 cm³/mol. The molecule has 3 N–H and O–H groups in total. The van der Waals surface area contributed by atoms with E-state index in [0.29, 0.717) is 0 Å². The monoisotopic (exact) mass is 290 g/mol. The summed E-state index contributed by atoms with van der Waals surface area (Å²) in [4.78, 5) is 23.0. The van der Waals surface area contributed by atoms with Gasteiger partial charge in [0.05, 0.1) is 18.0 Å². The Morgan fingerprint density at radius 3 is 2.38 bits per heavy atom. The molecule has 21 heavy (non-hydrogen) atoms. The molecule has 0 heterocycles. The van der Waals surface area contributed by atoms with Gasteiger partial charge >= 0.3 is 12.0 Å². The van der Waals surface area contributed by atoms with E-state index in [1.54, 1.807) is 0 Å². The molecule has 1 aliphatic carbocycles. The number of hydrogen-bond acceptors (Lipinski definition) is 2. The van der Waals surface area contributed by atoms with Crippen molar-refractivity contribution in [3.05, 3.63) is 35.4 Å². The van der Waals surface area contributed by atoms with Crippen LogP contribution in [-0.4, -0.2) is 22.6 Å². The molecular formula is C16H22N2O3. The van der Waals surface area contributed by atoms with Crippen molar-refractivity contribution in [3.8, 4) is 0 Å². The molecular weight excluding hydrogens is 268 g/mol. The SMILES string of the molecule is Cc1ccc(C(C)NC(=O)NC2(CC(=O)O)CCC2)cc1. The summed E-state index contributed by atoms with van der Waals surface area (Å²) in [7, 11) is 0. The van der Waals surface area contributed by atoms with Crippen molar-refractivity contribution in [2.45, 2.75) is 51.1 Å². The highest BCUT2D eigenvalue weighted by Crippen LogP contribution is 2.34. The summed E-state index contributed by atoms with van der Waals surface area (Å²) in [6, 6.07) is 7.55. The number of carboxylic acid groups (broad SMARTS) is 1. The maximum absolute atomic E-state index is 12.1. The van der Waals surface area contributed by atoms with Crippen LogP contribution in [0.5, 0.6) is 0 Å². The Kier molecular flexibility index (Phi) is 4.50. The highest BCUT2D eigenvalue weighted by atomic mass is 16.4. The average molecular weight is 290 g/mol. The molecule has 5 nitrogen and oxygen atoms in total. The Morgan fingerprint density at radius 1 is 1.29 bits per heavy atom. The summed E-state index contributed by atoms with van der Waals surface area (Å²) in [6.45, 7) is 3.93. The van der Waals surface area contributed by atoms with E-state index in [-0.39, 0.29) is 18.5 Å². The van der Waals surface area contributed by atoms with Crippen LogP contribution in [0.4, 0.5) is 4.79 Å². The van der Waals surface area contributed by atoms with Crippen molar-refractivity contribution in [1.82, 2.24) is 10.6 Å². The lowest BCUT2D eigenvalue weighted by atomic mass is 9.74. The number of aryl methyl sites for hydroxylation is 1. The van der Waals surface area contributed by atoms with Gasteiger partial charge in [-0.1, -0.05) is 29.8 Å². The second-order valence-electron chi connectivity index (χ2n) is 5.94. The van der Waals surface area contributed by atoms with E-state index in [4.69, 9.17) is 5.11 Å². The van der Waals surface area contributed by atoms with Crippen LogP contribution in [0, 0.1) is 6.92 Å². The summed E-state index contributed by atoms with van der Waals surface area (Å²) in [6.07, 6.45) is 2.40. The molecule has 1 fully saturated rings. The Hall–Kier alpha value is -2.04. The maximum atomic E-state index is 12.1. The van der Waals surface area contributed by atoms with E-state index in [2.05, 4.69) is 10.6 Å². The summed E-state index contributed by atoms with van der Waals surface area (Å²) < 4.78 is 0. The lowest BCUT2D eigenvalue weighted by molar-refractivity contribution is -0.139. The molecule has 1 saturated carbocycles. The predicted octanol–water partition coefficient (Wildman–Crippen LogP) is 2.75. The normalized spacial score (nSPS) is 17.4. The fourth-order valence-electron chi connectivity index (χ4n) is 2.65. The van der Waals surface area contributed by atoms with Gasteiger partial charge in [-0.05, 0) is 38.7 Å². The van der Waals surface area contributed by atoms with E-state index in [1.165, 1.54) is 5.56 Å². The average Bonchev–Trinajstić information content (AvgIpc) is 2.36. The Morgan fingerprint density at radius 2 is 1.90 bits per heavy atom. The molecule has 1 aromatic carbocycles. The van der Waals surface area contributed by atoms with Crippen LogP contribution >= 0.6 is 0 Å². The van der Waals surface area contributed by atoms with Crippen LogP contribution in [-0.2, 0) is 4.79 Å². The first-order valence-electron chi connectivity index (χ1n) is 7.27. The van der Waals surface area contributed by atoms with Crippen molar-refractivity contribution in [1.29, 1.82) is 0 Å². The van der Waals surface area contributed by atoms with Crippen molar-refractivity contribution < 1.29 is 14.7 Å². The second kappa shape index (κ2) is 6.16. The number of hydrogen-bond donors (Lipinski definition) is 3. The summed E-state index contributed by atoms with van der Waals surface area (Å²) in [5.74, 6) is -0.874. The molecule has 1 aliphatic rings. The number of carbonyl (C=O) groups excluding carboxylic acids is 1. The third kappa shape index (κ3) is 3.97. The quantitative estimate of drug-likeness (QED) is 0.780. The molecule has 0 aromatic heterocycles. The van der Waals surface area contributed by atoms with Gasteiger partial charge in [-0.15, -0.1) is 0 Å². The van der Waals surface area contributed by atoms with Crippen molar-refractivity contribution >= 4 is 12.0 Å². The highest BCUT2D eigenvalue weighted by Gasteiger charge is 2.40. The molecule has 1 atom stereocenters. The van der Waals surface area contributed by atoms with Gasteiger partial charge in [0.15, 0.2) is 0 Å². The first-order chi connectivity index (χ1) is 9.90. The van der Waals surface area contributed by atoms with Crippen LogP contribution in [0.2, 0.25) is 0 Å². The van der Waals surface area contributed by atoms with E-state index in [1.807, 2.05) is 38.1 Å². The fraction of sp³-hybridized carbons (Fsp3) is 0.500. The molecule has 1 aromatic rings. The molecule has 5 heteroatoms. The van der Waals surface area contributed by atoms with Gasteiger partial charge in [-0.3, -0.25) is 4.79 Å². The maximum Gasteiger partial charge on any atom is 0.315 e. The van der Waals surface area contributed by atoms with E-state index < -0.39 is 11.5 Å². The molecule has 0 saturated heterocycles. The number of rotatable bonds is 5. The molecule has 2 rings (SSSR count). The number of nitrogens with one attached hydrogen (secondary N) is 2. The third-order valence-corrected chi connectivity index (χ3v) is 4.10. The largest absolute Gasteiger partial charge is 0.481 e. The van der Waals surface area contributed by atoms with Crippen molar-refractivity contribution in [2.24, 2.45) is 0 Å². The molecule has 1 unspecified atom stereocenters. The standard InChI is InChI=1S/C16H22N2O3/c1-11-4-6-13(7-5-11)12(2)17-15(21)18-16(8-3-9-16)10-14(19)20/h4-7,12H,3,8-10H2,1-2H3,(H,19,20)(H2,17,18,21). The number of carbonyl (C=O) groups is 2. The van der Waals surface area contributed by atoms with Crippen molar-refractivity contribution in [2.75, 3.05) is 0 Å². The minimum absolute atomic E-state index is 0.0146. The number of urea groups is 1. The Bertz CT molecular complexity index is 521. The zero-order valence-corrected chi connectivity index (χ0v) is 12.5. The number of carboxylic acids is 1. The van der Waals surface area contributed by atoms with E-state index in [0.717, 1.165) is 24.8 Å². The lowest BCUT2D eigenvalue weighted by Gasteiger charge is -2.41. The molecule has 0 bridgehead atoms. The van der Waals surface area contributed by atoms with Crippen molar-refractivity contribution in [3.63, 3.8) is 0 Å². The Labute approximate surface area is 124 Å². The molecule has 0 spiro atoms. The van der Waals surface area contributed by atoms with Crippen LogP contribution in [0.3, 0.4) is 0 Å². The Balaban J connectivity index is 1.91. The first-order valence-corrected chi connectivity index (χ1v) is 7.27. The van der Waals surface area contributed by atoms with Gasteiger partial charge in [0.25, 0.3) is 0 Å². The molecule has 114 valence electrons. The lowest BCUT2D eigenvalue weighted by Crippen LogP contribution is -2.57.